The molecule has 2 heterocycles. The first kappa shape index (κ1) is 14.5. The summed E-state index contributed by atoms with van der Waals surface area (Å²) in [6, 6.07) is 17.4. The summed E-state index contributed by atoms with van der Waals surface area (Å²) in [5.41, 5.74) is 4.99. The Labute approximate surface area is 138 Å². The molecule has 1 fully saturated rings. The van der Waals surface area contributed by atoms with E-state index in [2.05, 4.69) is 72.5 Å². The Hall–Kier alpha value is -2.06. The summed E-state index contributed by atoms with van der Waals surface area (Å²) in [4.78, 5) is 2.43. The maximum Gasteiger partial charge on any atom is 0.161 e. The molecule has 0 aromatic heterocycles. The van der Waals surface area contributed by atoms with Gasteiger partial charge in [0.1, 0.15) is 0 Å². The maximum atomic E-state index is 6.32. The van der Waals surface area contributed by atoms with E-state index in [9.17, 15) is 0 Å². The second kappa shape index (κ2) is 5.86. The maximum absolute atomic E-state index is 6.32. The summed E-state index contributed by atoms with van der Waals surface area (Å²) in [5.74, 6) is 0. The Kier molecular flexibility index (Phi) is 3.70. The smallest absolute Gasteiger partial charge is 0.161 e. The molecule has 2 heteroatoms. The standard InChI is InChI=1S/C21H23NO/c1-2-17-8-10-18(11-9-17)12-14-21-13-5-15-22(21)20-7-4-3-6-19(20)16-23-21/h3-4,6-12,14H,2,5,13,15-16H2,1H3/b14-12+. The molecular weight excluding hydrogens is 282 g/mol. The van der Waals surface area contributed by atoms with Gasteiger partial charge < -0.3 is 9.64 Å². The Bertz CT molecular complexity index is 719. The largest absolute Gasteiger partial charge is 0.347 e. The molecule has 2 aliphatic heterocycles. The monoisotopic (exact) mass is 305 g/mol. The zero-order valence-electron chi connectivity index (χ0n) is 13.7. The molecule has 2 aromatic rings. The highest BCUT2D eigenvalue weighted by atomic mass is 16.5. The molecule has 2 nitrogen and oxygen atoms in total. The Balaban J connectivity index is 1.63. The molecule has 1 atom stereocenters. The first-order valence-electron chi connectivity index (χ1n) is 8.58. The molecule has 1 saturated heterocycles. The molecule has 0 aliphatic carbocycles. The fourth-order valence-corrected chi connectivity index (χ4v) is 3.70. The lowest BCUT2D eigenvalue weighted by Gasteiger charge is -2.42. The van der Waals surface area contributed by atoms with Crippen molar-refractivity contribution in [1.82, 2.24) is 0 Å². The zero-order valence-corrected chi connectivity index (χ0v) is 13.7. The lowest BCUT2D eigenvalue weighted by molar-refractivity contribution is -0.0209. The summed E-state index contributed by atoms with van der Waals surface area (Å²) >= 11 is 0. The minimum absolute atomic E-state index is 0.266. The summed E-state index contributed by atoms with van der Waals surface area (Å²) in [6.45, 7) is 3.95. The van der Waals surface area contributed by atoms with Crippen LogP contribution in [0.15, 0.2) is 54.6 Å². The van der Waals surface area contributed by atoms with Gasteiger partial charge >= 0.3 is 0 Å². The molecular formula is C21H23NO. The normalized spacial score (nSPS) is 23.1. The third kappa shape index (κ3) is 2.57. The van der Waals surface area contributed by atoms with Crippen LogP contribution in [0.5, 0.6) is 0 Å². The molecule has 0 radical (unpaired) electrons. The fourth-order valence-electron chi connectivity index (χ4n) is 3.70. The first-order chi connectivity index (χ1) is 11.3. The van der Waals surface area contributed by atoms with Crippen molar-refractivity contribution < 1.29 is 4.74 Å². The second-order valence-electron chi connectivity index (χ2n) is 6.45. The van der Waals surface area contributed by atoms with Gasteiger partial charge in [-0.3, -0.25) is 0 Å². The lowest BCUT2D eigenvalue weighted by atomic mass is 10.0. The van der Waals surface area contributed by atoms with Gasteiger partial charge in [0, 0.05) is 24.2 Å². The highest BCUT2D eigenvalue weighted by molar-refractivity contribution is 5.61. The van der Waals surface area contributed by atoms with Gasteiger partial charge in [0.25, 0.3) is 0 Å². The molecule has 0 N–H and O–H groups in total. The van der Waals surface area contributed by atoms with Gasteiger partial charge in [-0.1, -0.05) is 55.5 Å². The molecule has 23 heavy (non-hydrogen) atoms. The van der Waals surface area contributed by atoms with Crippen LogP contribution in [-0.2, 0) is 17.8 Å². The van der Waals surface area contributed by atoms with Crippen molar-refractivity contribution in [3.63, 3.8) is 0 Å². The van der Waals surface area contributed by atoms with Crippen LogP contribution >= 0.6 is 0 Å². The van der Waals surface area contributed by atoms with E-state index in [1.54, 1.807) is 0 Å². The molecule has 0 amide bonds. The SMILES string of the molecule is CCc1ccc(/C=C/C23CCCN2c2ccccc2CO3)cc1. The Morgan fingerprint density at radius 3 is 2.78 bits per heavy atom. The van der Waals surface area contributed by atoms with E-state index in [1.165, 1.54) is 28.8 Å². The van der Waals surface area contributed by atoms with Crippen molar-refractivity contribution >= 4 is 11.8 Å². The molecule has 0 spiro atoms. The fraction of sp³-hybridized carbons (Fsp3) is 0.333. The average molecular weight is 305 g/mol. The number of ether oxygens (including phenoxy) is 1. The summed E-state index contributed by atoms with van der Waals surface area (Å²) in [5, 5.41) is 0. The van der Waals surface area contributed by atoms with Gasteiger partial charge in [-0.15, -0.1) is 0 Å². The Morgan fingerprint density at radius 2 is 1.96 bits per heavy atom. The highest BCUT2D eigenvalue weighted by Crippen LogP contribution is 2.42. The molecule has 2 aromatic carbocycles. The number of nitrogens with zero attached hydrogens (tertiary/aromatic N) is 1. The number of hydrogen-bond acceptors (Lipinski definition) is 2. The minimum atomic E-state index is -0.266. The van der Waals surface area contributed by atoms with Crippen LogP contribution < -0.4 is 4.90 Å². The van der Waals surface area contributed by atoms with Gasteiger partial charge in [0.2, 0.25) is 0 Å². The number of anilines is 1. The van der Waals surface area contributed by atoms with Crippen molar-refractivity contribution in [3.05, 3.63) is 71.3 Å². The van der Waals surface area contributed by atoms with E-state index in [4.69, 9.17) is 4.74 Å². The quantitative estimate of drug-likeness (QED) is 0.808. The number of fused-ring (bicyclic) bond motifs is 3. The molecule has 118 valence electrons. The third-order valence-corrected chi connectivity index (χ3v) is 5.06. The van der Waals surface area contributed by atoms with Gasteiger partial charge in [-0.25, -0.2) is 0 Å². The Morgan fingerprint density at radius 1 is 1.13 bits per heavy atom. The van der Waals surface area contributed by atoms with E-state index >= 15 is 0 Å². The highest BCUT2D eigenvalue weighted by Gasteiger charge is 2.43. The van der Waals surface area contributed by atoms with Crippen LogP contribution in [0.25, 0.3) is 6.08 Å². The molecule has 1 unspecified atom stereocenters. The first-order valence-corrected chi connectivity index (χ1v) is 8.58. The van der Waals surface area contributed by atoms with Crippen LogP contribution in [0.2, 0.25) is 0 Å². The molecule has 2 aliphatic rings. The average Bonchev–Trinajstić information content (AvgIpc) is 3.05. The molecule has 4 rings (SSSR count). The predicted molar refractivity (Wildman–Crippen MR) is 95.4 cm³/mol. The molecule has 0 bridgehead atoms. The van der Waals surface area contributed by atoms with Gasteiger partial charge in [0.15, 0.2) is 5.72 Å². The van der Waals surface area contributed by atoms with Crippen LogP contribution in [-0.4, -0.2) is 12.3 Å². The summed E-state index contributed by atoms with van der Waals surface area (Å²) in [6.07, 6.45) is 7.79. The number of hydrogen-bond donors (Lipinski definition) is 0. The van der Waals surface area contributed by atoms with Crippen molar-refractivity contribution in [2.75, 3.05) is 11.4 Å². The number of aryl methyl sites for hydroxylation is 1. The van der Waals surface area contributed by atoms with E-state index in [0.717, 1.165) is 19.4 Å². The summed E-state index contributed by atoms with van der Waals surface area (Å²) in [7, 11) is 0. The topological polar surface area (TPSA) is 12.5 Å². The van der Waals surface area contributed by atoms with E-state index in [1.807, 2.05) is 0 Å². The van der Waals surface area contributed by atoms with Crippen LogP contribution in [0.3, 0.4) is 0 Å². The zero-order chi connectivity index (χ0) is 15.7. The van der Waals surface area contributed by atoms with Crippen molar-refractivity contribution in [1.29, 1.82) is 0 Å². The van der Waals surface area contributed by atoms with Crippen molar-refractivity contribution in [2.24, 2.45) is 0 Å². The van der Waals surface area contributed by atoms with Crippen LogP contribution in [0.4, 0.5) is 5.69 Å². The van der Waals surface area contributed by atoms with E-state index < -0.39 is 0 Å². The van der Waals surface area contributed by atoms with E-state index in [-0.39, 0.29) is 5.72 Å². The van der Waals surface area contributed by atoms with Crippen molar-refractivity contribution in [3.8, 4) is 0 Å². The van der Waals surface area contributed by atoms with Crippen molar-refractivity contribution in [2.45, 2.75) is 38.5 Å². The molecule has 0 saturated carbocycles. The number of para-hydroxylation sites is 1. The lowest BCUT2D eigenvalue weighted by Crippen LogP contribution is -2.47. The summed E-state index contributed by atoms with van der Waals surface area (Å²) < 4.78 is 6.32. The van der Waals surface area contributed by atoms with Crippen LogP contribution in [0.1, 0.15) is 36.5 Å². The van der Waals surface area contributed by atoms with Gasteiger partial charge in [-0.05, 0) is 36.1 Å². The van der Waals surface area contributed by atoms with Crippen LogP contribution in [0, 0.1) is 0 Å². The minimum Gasteiger partial charge on any atom is -0.347 e. The van der Waals surface area contributed by atoms with Gasteiger partial charge in [-0.2, -0.15) is 0 Å². The second-order valence-corrected chi connectivity index (χ2v) is 6.45. The predicted octanol–water partition coefficient (Wildman–Crippen LogP) is 4.79. The number of rotatable bonds is 3. The number of benzene rings is 2. The van der Waals surface area contributed by atoms with Gasteiger partial charge in [0.05, 0.1) is 6.61 Å². The third-order valence-electron chi connectivity index (χ3n) is 5.06. The van der Waals surface area contributed by atoms with E-state index in [0.29, 0.717) is 6.61 Å².